The van der Waals surface area contributed by atoms with Crippen LogP contribution in [0.1, 0.15) is 16.7 Å². The molecule has 0 fully saturated rings. The summed E-state index contributed by atoms with van der Waals surface area (Å²) in [6.45, 7) is 2.60. The molecule has 0 aromatic heterocycles. The van der Waals surface area contributed by atoms with Crippen LogP contribution in [0.4, 0.5) is 4.39 Å². The molecule has 0 saturated carbocycles. The number of hydrogen-bond donors (Lipinski definition) is 1. The fourth-order valence-corrected chi connectivity index (χ4v) is 1.73. The van der Waals surface area contributed by atoms with Crippen molar-refractivity contribution < 1.29 is 9.13 Å². The predicted molar refractivity (Wildman–Crippen MR) is 69.8 cm³/mol. The number of halogens is 1. The van der Waals surface area contributed by atoms with Crippen LogP contribution < -0.4 is 10.5 Å². The average molecular weight is 245 g/mol. The van der Waals surface area contributed by atoms with Crippen LogP contribution in [0.2, 0.25) is 0 Å². The van der Waals surface area contributed by atoms with Crippen molar-refractivity contribution in [2.24, 2.45) is 5.73 Å². The lowest BCUT2D eigenvalue weighted by molar-refractivity contribution is 0.299. The second kappa shape index (κ2) is 5.65. The van der Waals surface area contributed by atoms with Crippen LogP contribution >= 0.6 is 0 Å². The van der Waals surface area contributed by atoms with E-state index in [1.165, 1.54) is 6.07 Å². The predicted octanol–water partition coefficient (Wildman–Crippen LogP) is 3.17. The normalized spacial score (nSPS) is 10.4. The Labute approximate surface area is 106 Å². The Morgan fingerprint density at radius 3 is 2.72 bits per heavy atom. The van der Waals surface area contributed by atoms with Gasteiger partial charge in [-0.05, 0) is 42.3 Å². The minimum atomic E-state index is -0.264. The van der Waals surface area contributed by atoms with Crippen LogP contribution in [0, 0.1) is 12.7 Å². The molecule has 2 rings (SSSR count). The van der Waals surface area contributed by atoms with Crippen molar-refractivity contribution in [2.75, 3.05) is 0 Å². The minimum Gasteiger partial charge on any atom is -0.489 e. The molecule has 94 valence electrons. The maximum atomic E-state index is 13.6. The van der Waals surface area contributed by atoms with Gasteiger partial charge in [-0.2, -0.15) is 0 Å². The fraction of sp³-hybridized carbons (Fsp3) is 0.200. The number of aryl methyl sites for hydroxylation is 1. The first-order valence-electron chi connectivity index (χ1n) is 5.86. The van der Waals surface area contributed by atoms with Crippen molar-refractivity contribution in [3.63, 3.8) is 0 Å². The Bertz CT molecular complexity index is 540. The van der Waals surface area contributed by atoms with E-state index in [4.69, 9.17) is 10.5 Å². The Morgan fingerprint density at radius 1 is 1.17 bits per heavy atom. The average Bonchev–Trinajstić information content (AvgIpc) is 2.38. The highest BCUT2D eigenvalue weighted by Crippen LogP contribution is 2.16. The van der Waals surface area contributed by atoms with Gasteiger partial charge in [-0.25, -0.2) is 4.39 Å². The second-order valence-electron chi connectivity index (χ2n) is 4.24. The van der Waals surface area contributed by atoms with Gasteiger partial charge in [0.15, 0.2) is 0 Å². The molecule has 2 nitrogen and oxygen atoms in total. The largest absolute Gasteiger partial charge is 0.489 e. The van der Waals surface area contributed by atoms with Crippen molar-refractivity contribution in [2.45, 2.75) is 20.1 Å². The van der Waals surface area contributed by atoms with Crippen LogP contribution in [-0.4, -0.2) is 0 Å². The molecule has 18 heavy (non-hydrogen) atoms. The summed E-state index contributed by atoms with van der Waals surface area (Å²) < 4.78 is 19.1. The van der Waals surface area contributed by atoms with E-state index in [1.807, 2.05) is 31.2 Å². The summed E-state index contributed by atoms with van der Waals surface area (Å²) in [5.41, 5.74) is 8.08. The standard InChI is InChI=1S/C15H16FNO/c1-11-3-2-4-14(7-11)18-10-13-8-12(9-17)5-6-15(13)16/h2-8H,9-10,17H2,1H3. The molecule has 0 aliphatic heterocycles. The van der Waals surface area contributed by atoms with Gasteiger partial charge in [0, 0.05) is 12.1 Å². The van der Waals surface area contributed by atoms with E-state index in [0.29, 0.717) is 12.1 Å². The van der Waals surface area contributed by atoms with Gasteiger partial charge in [0.05, 0.1) is 0 Å². The molecule has 0 amide bonds. The SMILES string of the molecule is Cc1cccc(OCc2cc(CN)ccc2F)c1. The lowest BCUT2D eigenvalue weighted by Crippen LogP contribution is -2.02. The molecule has 0 aliphatic rings. The molecular formula is C15H16FNO. The number of rotatable bonds is 4. The molecule has 2 aromatic rings. The van der Waals surface area contributed by atoms with Crippen molar-refractivity contribution >= 4 is 0 Å². The number of ether oxygens (including phenoxy) is 1. The lowest BCUT2D eigenvalue weighted by Gasteiger charge is -2.09. The van der Waals surface area contributed by atoms with Gasteiger partial charge in [0.25, 0.3) is 0 Å². The minimum absolute atomic E-state index is 0.211. The monoisotopic (exact) mass is 245 g/mol. The summed E-state index contributed by atoms with van der Waals surface area (Å²) in [6, 6.07) is 12.5. The maximum Gasteiger partial charge on any atom is 0.129 e. The third-order valence-electron chi connectivity index (χ3n) is 2.73. The summed E-state index contributed by atoms with van der Waals surface area (Å²) in [5, 5.41) is 0. The third-order valence-corrected chi connectivity index (χ3v) is 2.73. The third kappa shape index (κ3) is 3.08. The lowest BCUT2D eigenvalue weighted by atomic mass is 10.1. The van der Waals surface area contributed by atoms with E-state index in [-0.39, 0.29) is 12.4 Å². The molecule has 0 radical (unpaired) electrons. The van der Waals surface area contributed by atoms with Crippen LogP contribution in [0.5, 0.6) is 5.75 Å². The van der Waals surface area contributed by atoms with E-state index in [2.05, 4.69) is 0 Å². The Balaban J connectivity index is 2.10. The van der Waals surface area contributed by atoms with Gasteiger partial charge in [-0.1, -0.05) is 18.2 Å². The zero-order valence-corrected chi connectivity index (χ0v) is 10.3. The first kappa shape index (κ1) is 12.6. The van der Waals surface area contributed by atoms with Crippen molar-refractivity contribution in [1.82, 2.24) is 0 Å². The summed E-state index contributed by atoms with van der Waals surface area (Å²) in [6.07, 6.45) is 0. The Hall–Kier alpha value is -1.87. The first-order valence-corrected chi connectivity index (χ1v) is 5.86. The van der Waals surface area contributed by atoms with E-state index in [1.54, 1.807) is 12.1 Å². The van der Waals surface area contributed by atoms with Crippen molar-refractivity contribution in [1.29, 1.82) is 0 Å². The summed E-state index contributed by atoms with van der Waals surface area (Å²) in [5.74, 6) is 0.479. The molecule has 2 N–H and O–H groups in total. The molecule has 2 aromatic carbocycles. The number of hydrogen-bond acceptors (Lipinski definition) is 2. The molecule has 0 heterocycles. The molecule has 0 atom stereocenters. The topological polar surface area (TPSA) is 35.2 Å². The smallest absolute Gasteiger partial charge is 0.129 e. The highest BCUT2D eigenvalue weighted by Gasteiger charge is 2.04. The second-order valence-corrected chi connectivity index (χ2v) is 4.24. The van der Waals surface area contributed by atoms with E-state index < -0.39 is 0 Å². The molecule has 0 bridgehead atoms. The Morgan fingerprint density at radius 2 is 2.00 bits per heavy atom. The van der Waals surface area contributed by atoms with E-state index in [0.717, 1.165) is 16.9 Å². The first-order chi connectivity index (χ1) is 8.69. The van der Waals surface area contributed by atoms with Gasteiger partial charge in [0.2, 0.25) is 0 Å². The van der Waals surface area contributed by atoms with Gasteiger partial charge >= 0.3 is 0 Å². The number of benzene rings is 2. The maximum absolute atomic E-state index is 13.6. The Kier molecular flexibility index (Phi) is 3.95. The molecule has 3 heteroatoms. The van der Waals surface area contributed by atoms with Crippen molar-refractivity contribution in [3.05, 3.63) is 65.0 Å². The summed E-state index contributed by atoms with van der Waals surface area (Å²) in [7, 11) is 0. The molecule has 0 spiro atoms. The number of nitrogens with two attached hydrogens (primary N) is 1. The molecule has 0 unspecified atom stereocenters. The van der Waals surface area contributed by atoms with Crippen LogP contribution in [0.25, 0.3) is 0 Å². The highest BCUT2D eigenvalue weighted by atomic mass is 19.1. The van der Waals surface area contributed by atoms with Gasteiger partial charge in [-0.15, -0.1) is 0 Å². The quantitative estimate of drug-likeness (QED) is 0.898. The van der Waals surface area contributed by atoms with Gasteiger partial charge in [-0.3, -0.25) is 0 Å². The van der Waals surface area contributed by atoms with Crippen LogP contribution in [0.15, 0.2) is 42.5 Å². The zero-order valence-electron chi connectivity index (χ0n) is 10.3. The van der Waals surface area contributed by atoms with Crippen LogP contribution in [-0.2, 0) is 13.2 Å². The van der Waals surface area contributed by atoms with Crippen LogP contribution in [0.3, 0.4) is 0 Å². The molecule has 0 saturated heterocycles. The van der Waals surface area contributed by atoms with E-state index >= 15 is 0 Å². The zero-order chi connectivity index (χ0) is 13.0. The summed E-state index contributed by atoms with van der Waals surface area (Å²) in [4.78, 5) is 0. The van der Waals surface area contributed by atoms with Gasteiger partial charge in [0.1, 0.15) is 18.2 Å². The highest BCUT2D eigenvalue weighted by molar-refractivity contribution is 5.29. The van der Waals surface area contributed by atoms with E-state index in [9.17, 15) is 4.39 Å². The molecule has 0 aliphatic carbocycles. The fourth-order valence-electron chi connectivity index (χ4n) is 1.73. The van der Waals surface area contributed by atoms with Gasteiger partial charge < -0.3 is 10.5 Å². The van der Waals surface area contributed by atoms with Crippen molar-refractivity contribution in [3.8, 4) is 5.75 Å². The summed E-state index contributed by atoms with van der Waals surface area (Å²) >= 11 is 0. The molecular weight excluding hydrogens is 229 g/mol.